The lowest BCUT2D eigenvalue weighted by Gasteiger charge is -2.27. The highest BCUT2D eigenvalue weighted by atomic mass is 16.2. The number of aromatic amines is 1. The molecule has 0 bridgehead atoms. The number of carbonyl (C=O) groups is 2. The van der Waals surface area contributed by atoms with Crippen LogP contribution in [0.2, 0.25) is 0 Å². The lowest BCUT2D eigenvalue weighted by Crippen LogP contribution is -2.45. The summed E-state index contributed by atoms with van der Waals surface area (Å²) in [5.74, 6) is 0.179. The predicted molar refractivity (Wildman–Crippen MR) is 103 cm³/mol. The number of likely N-dealkylation sites (tertiary alicyclic amines) is 1. The van der Waals surface area contributed by atoms with E-state index in [4.69, 9.17) is 0 Å². The third-order valence-electron chi connectivity index (χ3n) is 5.27. The summed E-state index contributed by atoms with van der Waals surface area (Å²) in [7, 11) is 0. The Kier molecular flexibility index (Phi) is 4.92. The second kappa shape index (κ2) is 7.67. The highest BCUT2D eigenvalue weighted by Crippen LogP contribution is 2.25. The quantitative estimate of drug-likeness (QED) is 0.708. The van der Waals surface area contributed by atoms with Gasteiger partial charge in [-0.25, -0.2) is 9.67 Å². The Hall–Kier alpha value is -3.42. The average Bonchev–Trinajstić information content (AvgIpc) is 3.47. The maximum atomic E-state index is 12.7. The van der Waals surface area contributed by atoms with Crippen molar-refractivity contribution in [3.63, 3.8) is 0 Å². The molecule has 144 valence electrons. The minimum absolute atomic E-state index is 0.00188. The monoisotopic (exact) mass is 378 g/mol. The first kappa shape index (κ1) is 18.0. The number of benzene rings is 1. The molecule has 2 unspecified atom stereocenters. The minimum Gasteiger partial charge on any atom is -0.367 e. The summed E-state index contributed by atoms with van der Waals surface area (Å²) in [6, 6.07) is 8.92. The summed E-state index contributed by atoms with van der Waals surface area (Å²) in [6.45, 7) is 3.26. The predicted octanol–water partition coefficient (Wildman–Crippen LogP) is 1.88. The van der Waals surface area contributed by atoms with E-state index in [1.54, 1.807) is 41.6 Å². The fourth-order valence-corrected chi connectivity index (χ4v) is 3.60. The molecule has 0 saturated carbocycles. The second-order valence-corrected chi connectivity index (χ2v) is 7.03. The van der Waals surface area contributed by atoms with Crippen LogP contribution in [-0.4, -0.2) is 55.6 Å². The summed E-state index contributed by atoms with van der Waals surface area (Å²) < 4.78 is 1.63. The first-order valence-corrected chi connectivity index (χ1v) is 9.30. The minimum atomic E-state index is -0.154. The number of nitrogens with zero attached hydrogens (tertiary/aromatic N) is 4. The Morgan fingerprint density at radius 3 is 2.71 bits per heavy atom. The van der Waals surface area contributed by atoms with Crippen molar-refractivity contribution in [1.29, 1.82) is 0 Å². The van der Waals surface area contributed by atoms with Crippen molar-refractivity contribution in [2.45, 2.75) is 19.4 Å². The lowest BCUT2D eigenvalue weighted by atomic mass is 10.0. The summed E-state index contributed by atoms with van der Waals surface area (Å²) in [5, 5.41) is 7.05. The standard InChI is InChI=1S/C20H22N6O2/c1-14-7-9-25(20(28)16-6-8-21-10-16)18(14)11-23-19(27)15-2-4-17(5-3-15)26-13-22-12-24-26/h2-6,8,10,12-14,18,21H,7,9,11H2,1H3,(H,23,27). The van der Waals surface area contributed by atoms with Crippen LogP contribution in [0.15, 0.2) is 55.4 Å². The molecule has 2 atom stereocenters. The molecule has 0 spiro atoms. The van der Waals surface area contributed by atoms with Gasteiger partial charge in [0.25, 0.3) is 11.8 Å². The zero-order chi connectivity index (χ0) is 19.5. The Bertz CT molecular complexity index is 934. The summed E-state index contributed by atoms with van der Waals surface area (Å²) in [5.41, 5.74) is 2.05. The zero-order valence-corrected chi connectivity index (χ0v) is 15.6. The fraction of sp³-hybridized carbons (Fsp3) is 0.300. The number of rotatable bonds is 5. The van der Waals surface area contributed by atoms with Crippen molar-refractivity contribution in [3.05, 3.63) is 66.5 Å². The van der Waals surface area contributed by atoms with Crippen molar-refractivity contribution in [2.24, 2.45) is 5.92 Å². The van der Waals surface area contributed by atoms with Crippen LogP contribution in [0.5, 0.6) is 0 Å². The van der Waals surface area contributed by atoms with Crippen LogP contribution in [0.25, 0.3) is 5.69 Å². The van der Waals surface area contributed by atoms with Gasteiger partial charge >= 0.3 is 0 Å². The molecule has 1 aromatic carbocycles. The molecule has 4 rings (SSSR count). The van der Waals surface area contributed by atoms with Crippen LogP contribution in [0, 0.1) is 5.92 Å². The molecule has 8 heteroatoms. The van der Waals surface area contributed by atoms with Gasteiger partial charge in [0.2, 0.25) is 0 Å². The molecular weight excluding hydrogens is 356 g/mol. The first-order valence-electron chi connectivity index (χ1n) is 9.30. The molecule has 8 nitrogen and oxygen atoms in total. The largest absolute Gasteiger partial charge is 0.367 e. The average molecular weight is 378 g/mol. The third kappa shape index (κ3) is 3.53. The molecule has 0 radical (unpaired) electrons. The number of nitrogens with one attached hydrogen (secondary N) is 2. The first-order chi connectivity index (χ1) is 13.6. The van der Waals surface area contributed by atoms with Crippen LogP contribution in [0.4, 0.5) is 0 Å². The molecular formula is C20H22N6O2. The van der Waals surface area contributed by atoms with Crippen LogP contribution in [0.1, 0.15) is 34.1 Å². The fourth-order valence-electron chi connectivity index (χ4n) is 3.60. The van der Waals surface area contributed by atoms with Crippen LogP contribution in [-0.2, 0) is 0 Å². The third-order valence-corrected chi connectivity index (χ3v) is 5.27. The molecule has 2 amide bonds. The van der Waals surface area contributed by atoms with E-state index in [9.17, 15) is 9.59 Å². The van der Waals surface area contributed by atoms with E-state index in [-0.39, 0.29) is 17.9 Å². The van der Waals surface area contributed by atoms with Gasteiger partial charge in [0.05, 0.1) is 17.3 Å². The van der Waals surface area contributed by atoms with Crippen molar-refractivity contribution in [1.82, 2.24) is 30.0 Å². The molecule has 2 aromatic heterocycles. The topological polar surface area (TPSA) is 95.9 Å². The van der Waals surface area contributed by atoms with E-state index < -0.39 is 0 Å². The van der Waals surface area contributed by atoms with E-state index in [1.807, 2.05) is 17.0 Å². The maximum absolute atomic E-state index is 12.7. The number of amides is 2. The molecule has 3 aromatic rings. The Morgan fingerprint density at radius 2 is 2.04 bits per heavy atom. The lowest BCUT2D eigenvalue weighted by molar-refractivity contribution is 0.0709. The number of carbonyl (C=O) groups excluding carboxylic acids is 2. The van der Waals surface area contributed by atoms with E-state index in [0.717, 1.165) is 12.1 Å². The van der Waals surface area contributed by atoms with Gasteiger partial charge in [-0.1, -0.05) is 6.92 Å². The van der Waals surface area contributed by atoms with Gasteiger partial charge in [0.15, 0.2) is 0 Å². The van der Waals surface area contributed by atoms with Crippen molar-refractivity contribution >= 4 is 11.8 Å². The molecule has 3 heterocycles. The van der Waals surface area contributed by atoms with Crippen molar-refractivity contribution in [2.75, 3.05) is 13.1 Å². The molecule has 1 aliphatic heterocycles. The summed E-state index contributed by atoms with van der Waals surface area (Å²) in [6.07, 6.45) is 7.45. The van der Waals surface area contributed by atoms with E-state index in [0.29, 0.717) is 30.1 Å². The van der Waals surface area contributed by atoms with E-state index in [2.05, 4.69) is 27.3 Å². The van der Waals surface area contributed by atoms with Gasteiger partial charge < -0.3 is 15.2 Å². The Morgan fingerprint density at radius 1 is 1.21 bits per heavy atom. The highest BCUT2D eigenvalue weighted by Gasteiger charge is 2.35. The number of hydrogen-bond acceptors (Lipinski definition) is 4. The normalized spacial score (nSPS) is 19.0. The van der Waals surface area contributed by atoms with Gasteiger partial charge in [-0.05, 0) is 42.7 Å². The zero-order valence-electron chi connectivity index (χ0n) is 15.6. The molecule has 1 fully saturated rings. The number of H-pyrrole nitrogens is 1. The molecule has 0 aliphatic carbocycles. The highest BCUT2D eigenvalue weighted by molar-refractivity contribution is 5.95. The van der Waals surface area contributed by atoms with Crippen molar-refractivity contribution < 1.29 is 9.59 Å². The molecule has 1 saturated heterocycles. The van der Waals surface area contributed by atoms with Gasteiger partial charge in [0.1, 0.15) is 12.7 Å². The maximum Gasteiger partial charge on any atom is 0.255 e. The van der Waals surface area contributed by atoms with Crippen LogP contribution < -0.4 is 5.32 Å². The summed E-state index contributed by atoms with van der Waals surface area (Å²) in [4.78, 5) is 34.0. The number of hydrogen-bond donors (Lipinski definition) is 2. The second-order valence-electron chi connectivity index (χ2n) is 7.03. The Labute approximate surface area is 162 Å². The van der Waals surface area contributed by atoms with Gasteiger partial charge in [-0.15, -0.1) is 0 Å². The Balaban J connectivity index is 1.39. The van der Waals surface area contributed by atoms with E-state index in [1.165, 1.54) is 6.33 Å². The molecule has 2 N–H and O–H groups in total. The van der Waals surface area contributed by atoms with Crippen LogP contribution in [0.3, 0.4) is 0 Å². The molecule has 1 aliphatic rings. The van der Waals surface area contributed by atoms with Gasteiger partial charge in [-0.2, -0.15) is 5.10 Å². The molecule has 28 heavy (non-hydrogen) atoms. The van der Waals surface area contributed by atoms with Crippen LogP contribution >= 0.6 is 0 Å². The SMILES string of the molecule is CC1CCN(C(=O)c2cc[nH]c2)C1CNC(=O)c1ccc(-n2cncn2)cc1. The number of aromatic nitrogens is 4. The van der Waals surface area contributed by atoms with Gasteiger partial charge in [-0.3, -0.25) is 9.59 Å². The van der Waals surface area contributed by atoms with E-state index >= 15 is 0 Å². The summed E-state index contributed by atoms with van der Waals surface area (Å²) >= 11 is 0. The van der Waals surface area contributed by atoms with Crippen molar-refractivity contribution in [3.8, 4) is 5.69 Å². The van der Waals surface area contributed by atoms with Gasteiger partial charge in [0, 0.05) is 31.0 Å². The smallest absolute Gasteiger partial charge is 0.255 e.